The van der Waals surface area contributed by atoms with Crippen LogP contribution in [0.15, 0.2) is 60.7 Å². The minimum Gasteiger partial charge on any atom is -0.303 e. The maximum Gasteiger partial charge on any atom is 0.211 e. The number of rotatable bonds is 6. The number of aldehydes is 1. The second-order valence-electron chi connectivity index (χ2n) is 4.61. The second-order valence-corrected chi connectivity index (χ2v) is 4.61. The lowest BCUT2D eigenvalue weighted by Crippen LogP contribution is -2.21. The molecule has 0 heterocycles. The molecule has 0 saturated carbocycles. The Morgan fingerprint density at radius 1 is 0.950 bits per heavy atom. The average Bonchev–Trinajstić information content (AvgIpc) is 2.49. The van der Waals surface area contributed by atoms with Gasteiger partial charge >= 0.3 is 0 Å². The van der Waals surface area contributed by atoms with Gasteiger partial charge in [-0.15, -0.1) is 0 Å². The van der Waals surface area contributed by atoms with Gasteiger partial charge in [-0.1, -0.05) is 60.7 Å². The van der Waals surface area contributed by atoms with Gasteiger partial charge in [-0.05, 0) is 11.1 Å². The molecule has 0 amide bonds. The van der Waals surface area contributed by atoms with Crippen molar-refractivity contribution in [2.75, 3.05) is 6.54 Å². The third-order valence-corrected chi connectivity index (χ3v) is 3.34. The van der Waals surface area contributed by atoms with Gasteiger partial charge in [0.05, 0.1) is 11.8 Å². The molecule has 0 aliphatic rings. The van der Waals surface area contributed by atoms with E-state index in [1.54, 1.807) is 0 Å². The van der Waals surface area contributed by atoms with E-state index < -0.39 is 11.8 Å². The predicted octanol–water partition coefficient (Wildman–Crippen LogP) is 3.03. The molecule has 2 aromatic carbocycles. The Kier molecular flexibility index (Phi) is 4.60. The summed E-state index contributed by atoms with van der Waals surface area (Å²) in [5.74, 6) is -0.963. The summed E-state index contributed by atoms with van der Waals surface area (Å²) in [6.07, 6.45) is 0.802. The quantitative estimate of drug-likeness (QED) is 0.460. The molecule has 4 heteroatoms. The number of carbonyl (C=O) groups is 1. The molecule has 20 heavy (non-hydrogen) atoms. The van der Waals surface area contributed by atoms with Gasteiger partial charge in [0.25, 0.3) is 0 Å². The molecule has 0 aliphatic carbocycles. The van der Waals surface area contributed by atoms with E-state index in [-0.39, 0.29) is 11.5 Å². The van der Waals surface area contributed by atoms with Gasteiger partial charge in [0.1, 0.15) is 6.29 Å². The molecule has 0 radical (unpaired) electrons. The van der Waals surface area contributed by atoms with Gasteiger partial charge in [0, 0.05) is 4.92 Å². The van der Waals surface area contributed by atoms with Crippen molar-refractivity contribution in [3.8, 4) is 0 Å². The van der Waals surface area contributed by atoms with Crippen molar-refractivity contribution in [2.45, 2.75) is 11.8 Å². The molecular weight excluding hydrogens is 254 g/mol. The lowest BCUT2D eigenvalue weighted by atomic mass is 9.82. The van der Waals surface area contributed by atoms with E-state index in [0.29, 0.717) is 0 Å². The molecule has 0 fully saturated rings. The molecule has 2 rings (SSSR count). The van der Waals surface area contributed by atoms with Crippen LogP contribution in [0.4, 0.5) is 0 Å². The fourth-order valence-corrected chi connectivity index (χ4v) is 2.37. The molecule has 0 aliphatic heterocycles. The zero-order valence-electron chi connectivity index (χ0n) is 10.9. The number of carbonyl (C=O) groups excluding carboxylic acids is 1. The molecule has 0 bridgehead atoms. The lowest BCUT2D eigenvalue weighted by Gasteiger charge is -2.20. The van der Waals surface area contributed by atoms with Crippen LogP contribution in [0.3, 0.4) is 0 Å². The van der Waals surface area contributed by atoms with Crippen molar-refractivity contribution < 1.29 is 9.72 Å². The molecule has 2 unspecified atom stereocenters. The Bertz CT molecular complexity index is 569. The van der Waals surface area contributed by atoms with E-state index in [2.05, 4.69) is 0 Å². The first kappa shape index (κ1) is 13.9. The number of nitro groups is 1. The highest BCUT2D eigenvalue weighted by molar-refractivity contribution is 5.64. The lowest BCUT2D eigenvalue weighted by molar-refractivity contribution is -0.483. The highest BCUT2D eigenvalue weighted by Gasteiger charge is 2.28. The summed E-state index contributed by atoms with van der Waals surface area (Å²) < 4.78 is 0. The summed E-state index contributed by atoms with van der Waals surface area (Å²) in [6.45, 7) is -0.262. The summed E-state index contributed by atoms with van der Waals surface area (Å²) >= 11 is 0. The van der Waals surface area contributed by atoms with E-state index in [0.717, 1.165) is 17.4 Å². The minimum absolute atomic E-state index is 0.262. The Balaban J connectivity index is 2.39. The van der Waals surface area contributed by atoms with Crippen molar-refractivity contribution >= 4 is 6.29 Å². The standard InChI is InChI=1S/C16H15NO3/c18-12-16(14-9-5-2-6-10-14)15(11-17(19)20)13-7-3-1-4-8-13/h1-10,12,15-16H,11H2. The average molecular weight is 269 g/mol. The van der Waals surface area contributed by atoms with Crippen LogP contribution < -0.4 is 0 Å². The van der Waals surface area contributed by atoms with Crippen LogP contribution in [0.25, 0.3) is 0 Å². The monoisotopic (exact) mass is 269 g/mol. The SMILES string of the molecule is O=CC(c1ccccc1)C(C[N+](=O)[O-])c1ccccc1. The summed E-state index contributed by atoms with van der Waals surface area (Å²) in [4.78, 5) is 22.0. The van der Waals surface area contributed by atoms with Crippen LogP contribution in [0.5, 0.6) is 0 Å². The highest BCUT2D eigenvalue weighted by Crippen LogP contribution is 2.31. The number of benzene rings is 2. The molecule has 2 atom stereocenters. The first-order valence-electron chi connectivity index (χ1n) is 6.39. The zero-order valence-corrected chi connectivity index (χ0v) is 10.9. The van der Waals surface area contributed by atoms with E-state index in [1.807, 2.05) is 60.7 Å². The molecule has 0 spiro atoms. The third kappa shape index (κ3) is 3.29. The molecule has 102 valence electrons. The minimum atomic E-state index is -0.510. The fraction of sp³-hybridized carbons (Fsp3) is 0.188. The van der Waals surface area contributed by atoms with E-state index in [4.69, 9.17) is 0 Å². The molecule has 0 N–H and O–H groups in total. The van der Waals surface area contributed by atoms with Crippen LogP contribution in [-0.2, 0) is 4.79 Å². The first-order chi connectivity index (χ1) is 9.72. The van der Waals surface area contributed by atoms with Crippen LogP contribution in [0.2, 0.25) is 0 Å². The normalized spacial score (nSPS) is 13.4. The van der Waals surface area contributed by atoms with Gasteiger partial charge in [0.2, 0.25) is 6.54 Å². The number of hydrogen-bond acceptors (Lipinski definition) is 3. The Morgan fingerprint density at radius 3 is 1.90 bits per heavy atom. The Morgan fingerprint density at radius 2 is 1.45 bits per heavy atom. The predicted molar refractivity (Wildman–Crippen MR) is 76.3 cm³/mol. The third-order valence-electron chi connectivity index (χ3n) is 3.34. The number of nitrogens with zero attached hydrogens (tertiary/aromatic N) is 1. The largest absolute Gasteiger partial charge is 0.303 e. The van der Waals surface area contributed by atoms with Crippen molar-refractivity contribution in [1.82, 2.24) is 0 Å². The van der Waals surface area contributed by atoms with Crippen molar-refractivity contribution in [3.63, 3.8) is 0 Å². The number of hydrogen-bond donors (Lipinski definition) is 0. The van der Waals surface area contributed by atoms with E-state index in [1.165, 1.54) is 0 Å². The van der Waals surface area contributed by atoms with Gasteiger partial charge in [0.15, 0.2) is 0 Å². The fourth-order valence-electron chi connectivity index (χ4n) is 2.37. The first-order valence-corrected chi connectivity index (χ1v) is 6.39. The second kappa shape index (κ2) is 6.61. The highest BCUT2D eigenvalue weighted by atomic mass is 16.6. The summed E-state index contributed by atoms with van der Waals surface area (Å²) in [7, 11) is 0. The molecule has 2 aromatic rings. The molecular formula is C16H15NO3. The van der Waals surface area contributed by atoms with Gasteiger partial charge in [-0.2, -0.15) is 0 Å². The summed E-state index contributed by atoms with van der Waals surface area (Å²) in [6, 6.07) is 18.3. The Labute approximate surface area is 117 Å². The molecule has 0 saturated heterocycles. The maximum absolute atomic E-state index is 11.5. The molecule has 0 aromatic heterocycles. The van der Waals surface area contributed by atoms with Crippen LogP contribution in [0.1, 0.15) is 23.0 Å². The van der Waals surface area contributed by atoms with Gasteiger partial charge in [-0.3, -0.25) is 10.1 Å². The topological polar surface area (TPSA) is 60.2 Å². The smallest absolute Gasteiger partial charge is 0.211 e. The van der Waals surface area contributed by atoms with Crippen LogP contribution in [-0.4, -0.2) is 17.8 Å². The van der Waals surface area contributed by atoms with Crippen molar-refractivity contribution in [3.05, 3.63) is 81.9 Å². The van der Waals surface area contributed by atoms with Crippen LogP contribution >= 0.6 is 0 Å². The van der Waals surface area contributed by atoms with Crippen molar-refractivity contribution in [2.24, 2.45) is 0 Å². The van der Waals surface area contributed by atoms with E-state index in [9.17, 15) is 14.9 Å². The zero-order chi connectivity index (χ0) is 14.4. The van der Waals surface area contributed by atoms with Crippen molar-refractivity contribution in [1.29, 1.82) is 0 Å². The summed E-state index contributed by atoms with van der Waals surface area (Å²) in [5, 5.41) is 10.9. The summed E-state index contributed by atoms with van der Waals surface area (Å²) in [5.41, 5.74) is 1.61. The maximum atomic E-state index is 11.5. The van der Waals surface area contributed by atoms with E-state index >= 15 is 0 Å². The van der Waals surface area contributed by atoms with Gasteiger partial charge in [-0.25, -0.2) is 0 Å². The molecule has 4 nitrogen and oxygen atoms in total. The Hall–Kier alpha value is -2.49. The van der Waals surface area contributed by atoms with Crippen LogP contribution in [0, 0.1) is 10.1 Å². The van der Waals surface area contributed by atoms with Gasteiger partial charge < -0.3 is 4.79 Å².